The van der Waals surface area contributed by atoms with Crippen LogP contribution >= 0.6 is 0 Å². The molecule has 19 heavy (non-hydrogen) atoms. The lowest BCUT2D eigenvalue weighted by atomic mass is 10.2. The zero-order chi connectivity index (χ0) is 13.3. The molecule has 0 spiro atoms. The molecule has 2 rings (SSSR count). The van der Waals surface area contributed by atoms with Crippen molar-refractivity contribution in [2.75, 3.05) is 19.7 Å². The molecule has 1 amide bonds. The maximum atomic E-state index is 11.6. The summed E-state index contributed by atoms with van der Waals surface area (Å²) in [6.07, 6.45) is 6.56. The van der Waals surface area contributed by atoms with Crippen LogP contribution in [0.15, 0.2) is 24.5 Å². The number of rotatable bonds is 7. The van der Waals surface area contributed by atoms with Crippen molar-refractivity contribution >= 4 is 5.91 Å². The number of ether oxygens (including phenoxy) is 1. The summed E-state index contributed by atoms with van der Waals surface area (Å²) in [5.74, 6) is 0.0663. The van der Waals surface area contributed by atoms with Crippen LogP contribution in [0.4, 0.5) is 0 Å². The third-order valence-electron chi connectivity index (χ3n) is 3.16. The van der Waals surface area contributed by atoms with Crippen LogP contribution < -0.4 is 10.6 Å². The van der Waals surface area contributed by atoms with E-state index in [0.29, 0.717) is 25.6 Å². The number of hydrogen-bond acceptors (Lipinski definition) is 4. The first-order valence-corrected chi connectivity index (χ1v) is 6.82. The number of aromatic nitrogens is 1. The Hall–Kier alpha value is -1.46. The molecule has 1 aromatic heterocycles. The van der Waals surface area contributed by atoms with Crippen LogP contribution in [0.3, 0.4) is 0 Å². The molecule has 2 N–H and O–H groups in total. The first-order chi connectivity index (χ1) is 9.34. The number of amides is 1. The largest absolute Gasteiger partial charge is 0.377 e. The molecule has 1 saturated heterocycles. The van der Waals surface area contributed by atoms with Gasteiger partial charge in [0, 0.05) is 45.1 Å². The normalized spacial score (nSPS) is 18.4. The number of nitrogens with zero attached hydrogens (tertiary/aromatic N) is 1. The van der Waals surface area contributed by atoms with Gasteiger partial charge < -0.3 is 15.4 Å². The summed E-state index contributed by atoms with van der Waals surface area (Å²) in [6.45, 7) is 2.98. The molecule has 1 atom stereocenters. The molecule has 0 aromatic carbocycles. The predicted molar refractivity (Wildman–Crippen MR) is 72.5 cm³/mol. The molecule has 5 nitrogen and oxygen atoms in total. The number of carbonyl (C=O) groups is 1. The van der Waals surface area contributed by atoms with Crippen molar-refractivity contribution < 1.29 is 9.53 Å². The Kier molecular flexibility index (Phi) is 5.78. The smallest absolute Gasteiger partial charge is 0.221 e. The first kappa shape index (κ1) is 14.0. The molecule has 104 valence electrons. The molecule has 0 aliphatic carbocycles. The van der Waals surface area contributed by atoms with Crippen LogP contribution in [0.5, 0.6) is 0 Å². The maximum Gasteiger partial charge on any atom is 0.221 e. The van der Waals surface area contributed by atoms with E-state index in [1.54, 1.807) is 12.4 Å². The predicted octanol–water partition coefficient (Wildman–Crippen LogP) is 0.857. The van der Waals surface area contributed by atoms with Crippen LogP contribution in [0.2, 0.25) is 0 Å². The molecular formula is C14H21N3O2. The van der Waals surface area contributed by atoms with E-state index in [9.17, 15) is 4.79 Å². The van der Waals surface area contributed by atoms with Gasteiger partial charge in [-0.1, -0.05) is 0 Å². The summed E-state index contributed by atoms with van der Waals surface area (Å²) in [5, 5.41) is 6.15. The SMILES string of the molecule is O=C(CCNCC1CCCO1)NCc1ccncc1. The van der Waals surface area contributed by atoms with Crippen LogP contribution in [-0.2, 0) is 16.1 Å². The monoisotopic (exact) mass is 263 g/mol. The Balaban J connectivity index is 1.52. The van der Waals surface area contributed by atoms with Gasteiger partial charge >= 0.3 is 0 Å². The molecule has 0 bridgehead atoms. The number of carbonyl (C=O) groups excluding carboxylic acids is 1. The van der Waals surface area contributed by atoms with Crippen LogP contribution in [-0.4, -0.2) is 36.7 Å². The van der Waals surface area contributed by atoms with Crippen molar-refractivity contribution in [1.82, 2.24) is 15.6 Å². The van der Waals surface area contributed by atoms with E-state index in [1.165, 1.54) is 0 Å². The highest BCUT2D eigenvalue weighted by Crippen LogP contribution is 2.10. The van der Waals surface area contributed by atoms with Crippen molar-refractivity contribution in [2.24, 2.45) is 0 Å². The van der Waals surface area contributed by atoms with Crippen molar-refractivity contribution in [3.63, 3.8) is 0 Å². The average molecular weight is 263 g/mol. The standard InChI is InChI=1S/C14H21N3O2/c18-14(17-10-12-3-6-15-7-4-12)5-8-16-11-13-2-1-9-19-13/h3-4,6-7,13,16H,1-2,5,8-11H2,(H,17,18). The van der Waals surface area contributed by atoms with E-state index >= 15 is 0 Å². The lowest BCUT2D eigenvalue weighted by Gasteiger charge is -2.10. The number of hydrogen-bond donors (Lipinski definition) is 2. The lowest BCUT2D eigenvalue weighted by molar-refractivity contribution is -0.121. The van der Waals surface area contributed by atoms with Gasteiger partial charge in [-0.2, -0.15) is 0 Å². The highest BCUT2D eigenvalue weighted by atomic mass is 16.5. The van der Waals surface area contributed by atoms with Gasteiger partial charge in [-0.15, -0.1) is 0 Å². The van der Waals surface area contributed by atoms with Crippen molar-refractivity contribution in [2.45, 2.75) is 31.9 Å². The van der Waals surface area contributed by atoms with Crippen molar-refractivity contribution in [3.8, 4) is 0 Å². The number of pyridine rings is 1. The maximum absolute atomic E-state index is 11.6. The molecule has 1 aromatic rings. The summed E-state index contributed by atoms with van der Waals surface area (Å²) >= 11 is 0. The minimum absolute atomic E-state index is 0.0663. The summed E-state index contributed by atoms with van der Waals surface area (Å²) in [4.78, 5) is 15.6. The van der Waals surface area contributed by atoms with E-state index in [-0.39, 0.29) is 5.91 Å². The van der Waals surface area contributed by atoms with Crippen LogP contribution in [0.1, 0.15) is 24.8 Å². The summed E-state index contributed by atoms with van der Waals surface area (Å²) in [6, 6.07) is 3.80. The second-order valence-corrected chi connectivity index (χ2v) is 4.72. The highest BCUT2D eigenvalue weighted by molar-refractivity contribution is 5.76. The Labute approximate surface area is 113 Å². The molecule has 5 heteroatoms. The van der Waals surface area contributed by atoms with E-state index in [4.69, 9.17) is 4.74 Å². The Morgan fingerprint density at radius 1 is 1.42 bits per heavy atom. The van der Waals surface area contributed by atoms with Crippen LogP contribution in [0.25, 0.3) is 0 Å². The quantitative estimate of drug-likeness (QED) is 0.716. The summed E-state index contributed by atoms with van der Waals surface area (Å²) in [7, 11) is 0. The fourth-order valence-electron chi connectivity index (χ4n) is 2.06. The van der Waals surface area contributed by atoms with E-state index in [2.05, 4.69) is 15.6 Å². The highest BCUT2D eigenvalue weighted by Gasteiger charge is 2.14. The third kappa shape index (κ3) is 5.36. The number of nitrogens with one attached hydrogen (secondary N) is 2. The van der Waals surface area contributed by atoms with Crippen LogP contribution in [0, 0.1) is 0 Å². The third-order valence-corrected chi connectivity index (χ3v) is 3.16. The molecular weight excluding hydrogens is 242 g/mol. The molecule has 1 fully saturated rings. The van der Waals surface area contributed by atoms with Gasteiger partial charge in [0.25, 0.3) is 0 Å². The van der Waals surface area contributed by atoms with E-state index < -0.39 is 0 Å². The van der Waals surface area contributed by atoms with E-state index in [0.717, 1.165) is 31.6 Å². The van der Waals surface area contributed by atoms with Gasteiger partial charge in [0.2, 0.25) is 5.91 Å². The van der Waals surface area contributed by atoms with Gasteiger partial charge in [-0.25, -0.2) is 0 Å². The van der Waals surface area contributed by atoms with Gasteiger partial charge in [0.1, 0.15) is 0 Å². The lowest BCUT2D eigenvalue weighted by Crippen LogP contribution is -2.31. The zero-order valence-electron chi connectivity index (χ0n) is 11.1. The Morgan fingerprint density at radius 2 is 2.26 bits per heavy atom. The molecule has 0 radical (unpaired) electrons. The summed E-state index contributed by atoms with van der Waals surface area (Å²) < 4.78 is 5.50. The molecule has 0 saturated carbocycles. The van der Waals surface area contributed by atoms with Gasteiger partial charge in [0.15, 0.2) is 0 Å². The van der Waals surface area contributed by atoms with Gasteiger partial charge in [0.05, 0.1) is 6.10 Å². The molecule has 1 aliphatic heterocycles. The fourth-order valence-corrected chi connectivity index (χ4v) is 2.06. The van der Waals surface area contributed by atoms with Crippen molar-refractivity contribution in [3.05, 3.63) is 30.1 Å². The first-order valence-electron chi connectivity index (χ1n) is 6.82. The molecule has 1 aliphatic rings. The van der Waals surface area contributed by atoms with Gasteiger partial charge in [-0.3, -0.25) is 9.78 Å². The molecule has 1 unspecified atom stereocenters. The summed E-state index contributed by atoms with van der Waals surface area (Å²) in [5.41, 5.74) is 1.07. The Bertz CT molecular complexity index is 378. The minimum atomic E-state index is 0.0663. The topological polar surface area (TPSA) is 63.2 Å². The second kappa shape index (κ2) is 7.86. The van der Waals surface area contributed by atoms with E-state index in [1.807, 2.05) is 12.1 Å². The second-order valence-electron chi connectivity index (χ2n) is 4.72. The minimum Gasteiger partial charge on any atom is -0.377 e. The molecule has 2 heterocycles. The van der Waals surface area contributed by atoms with Gasteiger partial charge in [-0.05, 0) is 30.5 Å². The Morgan fingerprint density at radius 3 is 3.00 bits per heavy atom. The van der Waals surface area contributed by atoms with Crippen molar-refractivity contribution in [1.29, 1.82) is 0 Å². The zero-order valence-corrected chi connectivity index (χ0v) is 11.1. The fraction of sp³-hybridized carbons (Fsp3) is 0.571. The average Bonchev–Trinajstić information content (AvgIpc) is 2.96.